The number of amides is 1. The van der Waals surface area contributed by atoms with Gasteiger partial charge < -0.3 is 9.64 Å². The number of halogens is 1. The van der Waals surface area contributed by atoms with Crippen molar-refractivity contribution in [3.63, 3.8) is 0 Å². The third-order valence-electron chi connectivity index (χ3n) is 4.84. The second-order valence-electron chi connectivity index (χ2n) is 6.90. The highest BCUT2D eigenvalue weighted by Crippen LogP contribution is 2.19. The maximum atomic E-state index is 12.9. The van der Waals surface area contributed by atoms with Gasteiger partial charge in [0.25, 0.3) is 5.91 Å². The van der Waals surface area contributed by atoms with Gasteiger partial charge in [0.05, 0.1) is 22.9 Å². The molecule has 29 heavy (non-hydrogen) atoms. The van der Waals surface area contributed by atoms with Gasteiger partial charge in [-0.1, -0.05) is 31.2 Å². The molecule has 152 valence electrons. The van der Waals surface area contributed by atoms with Crippen LogP contribution < -0.4 is 4.74 Å². The molecule has 0 aliphatic rings. The SMILES string of the molecule is CCc1ccc(OCc2cccc(C(=O)N(C)Cc3c(Br)cnn3CC)c2)cc1. The van der Waals surface area contributed by atoms with Gasteiger partial charge in [0.2, 0.25) is 0 Å². The van der Waals surface area contributed by atoms with Gasteiger partial charge in [-0.15, -0.1) is 0 Å². The van der Waals surface area contributed by atoms with Crippen LogP contribution in [0.3, 0.4) is 0 Å². The van der Waals surface area contributed by atoms with Crippen molar-refractivity contribution in [2.24, 2.45) is 0 Å². The third-order valence-corrected chi connectivity index (χ3v) is 5.50. The highest BCUT2D eigenvalue weighted by atomic mass is 79.9. The zero-order valence-corrected chi connectivity index (χ0v) is 18.6. The monoisotopic (exact) mass is 455 g/mol. The largest absolute Gasteiger partial charge is 0.489 e. The minimum absolute atomic E-state index is 0.0325. The molecule has 0 spiro atoms. The van der Waals surface area contributed by atoms with Crippen molar-refractivity contribution < 1.29 is 9.53 Å². The van der Waals surface area contributed by atoms with Crippen molar-refractivity contribution >= 4 is 21.8 Å². The molecule has 5 nitrogen and oxygen atoms in total. The van der Waals surface area contributed by atoms with E-state index >= 15 is 0 Å². The number of ether oxygens (including phenoxy) is 1. The van der Waals surface area contributed by atoms with E-state index in [0.717, 1.165) is 34.4 Å². The summed E-state index contributed by atoms with van der Waals surface area (Å²) in [7, 11) is 1.81. The lowest BCUT2D eigenvalue weighted by Crippen LogP contribution is -2.27. The standard InChI is InChI=1S/C23H26BrN3O2/c1-4-17-9-11-20(12-10-17)29-16-18-7-6-8-19(13-18)23(28)26(3)15-22-21(24)14-25-27(22)5-2/h6-14H,4-5,15-16H2,1-3H3. The summed E-state index contributed by atoms with van der Waals surface area (Å²) in [5.41, 5.74) is 3.87. The first-order chi connectivity index (χ1) is 14.0. The Bertz CT molecular complexity index is 967. The van der Waals surface area contributed by atoms with Gasteiger partial charge in [-0.2, -0.15) is 5.10 Å². The molecule has 0 atom stereocenters. The molecule has 0 aliphatic carbocycles. The van der Waals surface area contributed by atoms with Crippen molar-refractivity contribution in [1.82, 2.24) is 14.7 Å². The molecule has 3 rings (SSSR count). The lowest BCUT2D eigenvalue weighted by Gasteiger charge is -2.19. The fraction of sp³-hybridized carbons (Fsp3) is 0.304. The summed E-state index contributed by atoms with van der Waals surface area (Å²) in [6.45, 7) is 5.82. The van der Waals surface area contributed by atoms with Crippen LogP contribution in [0.2, 0.25) is 0 Å². The molecule has 1 aromatic heterocycles. The number of benzene rings is 2. The van der Waals surface area contributed by atoms with Crippen LogP contribution in [0.1, 0.15) is 41.0 Å². The summed E-state index contributed by atoms with van der Waals surface area (Å²) in [6, 6.07) is 15.7. The number of aromatic nitrogens is 2. The summed E-state index contributed by atoms with van der Waals surface area (Å²) < 4.78 is 8.68. The van der Waals surface area contributed by atoms with Crippen molar-refractivity contribution in [2.75, 3.05) is 7.05 Å². The van der Waals surface area contributed by atoms with E-state index in [4.69, 9.17) is 4.74 Å². The minimum atomic E-state index is -0.0325. The number of rotatable bonds is 8. The van der Waals surface area contributed by atoms with Gasteiger partial charge in [0.15, 0.2) is 0 Å². The quantitative estimate of drug-likeness (QED) is 0.475. The summed E-state index contributed by atoms with van der Waals surface area (Å²) in [5, 5.41) is 4.31. The number of aryl methyl sites for hydroxylation is 2. The first-order valence-electron chi connectivity index (χ1n) is 9.78. The molecule has 0 unspecified atom stereocenters. The molecular formula is C23H26BrN3O2. The highest BCUT2D eigenvalue weighted by molar-refractivity contribution is 9.10. The van der Waals surface area contributed by atoms with Crippen LogP contribution >= 0.6 is 15.9 Å². The number of carbonyl (C=O) groups is 1. The molecule has 0 saturated heterocycles. The predicted octanol–water partition coefficient (Wildman–Crippen LogP) is 5.08. The molecule has 1 heterocycles. The molecule has 0 radical (unpaired) electrons. The number of hydrogen-bond donors (Lipinski definition) is 0. The normalized spacial score (nSPS) is 10.8. The lowest BCUT2D eigenvalue weighted by atomic mass is 10.1. The molecule has 1 amide bonds. The maximum absolute atomic E-state index is 12.9. The summed E-state index contributed by atoms with van der Waals surface area (Å²) in [4.78, 5) is 14.6. The van der Waals surface area contributed by atoms with Gasteiger partial charge >= 0.3 is 0 Å². The third kappa shape index (κ3) is 5.26. The van der Waals surface area contributed by atoms with Gasteiger partial charge in [-0.05, 0) is 64.7 Å². The molecule has 2 aromatic carbocycles. The molecule has 0 bridgehead atoms. The van der Waals surface area contributed by atoms with Crippen LogP contribution in [-0.2, 0) is 26.1 Å². The van der Waals surface area contributed by atoms with E-state index in [1.54, 1.807) is 18.1 Å². The first kappa shape index (κ1) is 21.1. The van der Waals surface area contributed by atoms with E-state index in [2.05, 4.69) is 40.1 Å². The Balaban J connectivity index is 1.65. The summed E-state index contributed by atoms with van der Waals surface area (Å²) in [6.07, 6.45) is 2.77. The van der Waals surface area contributed by atoms with Crippen LogP contribution in [-0.4, -0.2) is 27.6 Å². The average molecular weight is 456 g/mol. The molecule has 0 saturated carbocycles. The Morgan fingerprint density at radius 3 is 2.59 bits per heavy atom. The molecule has 6 heteroatoms. The van der Waals surface area contributed by atoms with Gasteiger partial charge in [-0.3, -0.25) is 9.48 Å². The second kappa shape index (κ2) is 9.74. The van der Waals surface area contributed by atoms with Crippen molar-refractivity contribution in [2.45, 2.75) is 40.0 Å². The Labute approximate surface area is 180 Å². The Morgan fingerprint density at radius 1 is 1.14 bits per heavy atom. The van der Waals surface area contributed by atoms with Crippen LogP contribution in [0, 0.1) is 0 Å². The van der Waals surface area contributed by atoms with E-state index in [0.29, 0.717) is 18.7 Å². The van der Waals surface area contributed by atoms with E-state index in [1.807, 2.05) is 48.0 Å². The Hall–Kier alpha value is -2.60. The van der Waals surface area contributed by atoms with Crippen molar-refractivity contribution in [1.29, 1.82) is 0 Å². The van der Waals surface area contributed by atoms with Crippen LogP contribution in [0.15, 0.2) is 59.2 Å². The fourth-order valence-electron chi connectivity index (χ4n) is 3.12. The van der Waals surface area contributed by atoms with Crippen molar-refractivity contribution in [3.05, 3.63) is 81.6 Å². The van der Waals surface area contributed by atoms with Gasteiger partial charge in [-0.25, -0.2) is 0 Å². The molecule has 0 aliphatic heterocycles. The summed E-state index contributed by atoms with van der Waals surface area (Å²) >= 11 is 3.52. The average Bonchev–Trinajstić information content (AvgIpc) is 3.11. The zero-order chi connectivity index (χ0) is 20.8. The fourth-order valence-corrected chi connectivity index (χ4v) is 3.54. The lowest BCUT2D eigenvalue weighted by molar-refractivity contribution is 0.0781. The number of carbonyl (C=O) groups excluding carboxylic acids is 1. The van der Waals surface area contributed by atoms with E-state index in [9.17, 15) is 4.79 Å². The maximum Gasteiger partial charge on any atom is 0.253 e. The number of nitrogens with zero attached hydrogens (tertiary/aromatic N) is 3. The molecule has 0 fully saturated rings. The zero-order valence-electron chi connectivity index (χ0n) is 17.1. The second-order valence-corrected chi connectivity index (χ2v) is 7.76. The van der Waals surface area contributed by atoms with Crippen molar-refractivity contribution in [3.8, 4) is 5.75 Å². The van der Waals surface area contributed by atoms with E-state index in [-0.39, 0.29) is 5.91 Å². The minimum Gasteiger partial charge on any atom is -0.489 e. The van der Waals surface area contributed by atoms with Crippen LogP contribution in [0.25, 0.3) is 0 Å². The Kier molecular flexibility index (Phi) is 7.09. The van der Waals surface area contributed by atoms with Gasteiger partial charge in [0, 0.05) is 19.2 Å². The number of hydrogen-bond acceptors (Lipinski definition) is 3. The summed E-state index contributed by atoms with van der Waals surface area (Å²) in [5.74, 6) is 0.795. The molecule has 3 aromatic rings. The molecular weight excluding hydrogens is 430 g/mol. The molecule has 0 N–H and O–H groups in total. The highest BCUT2D eigenvalue weighted by Gasteiger charge is 2.16. The van der Waals surface area contributed by atoms with Crippen LogP contribution in [0.5, 0.6) is 5.75 Å². The van der Waals surface area contributed by atoms with Gasteiger partial charge in [0.1, 0.15) is 12.4 Å². The smallest absolute Gasteiger partial charge is 0.253 e. The van der Waals surface area contributed by atoms with E-state index in [1.165, 1.54) is 5.56 Å². The first-order valence-corrected chi connectivity index (χ1v) is 10.6. The van der Waals surface area contributed by atoms with Crippen LogP contribution in [0.4, 0.5) is 0 Å². The van der Waals surface area contributed by atoms with E-state index < -0.39 is 0 Å². The predicted molar refractivity (Wildman–Crippen MR) is 118 cm³/mol. The topological polar surface area (TPSA) is 47.4 Å². The Morgan fingerprint density at radius 2 is 1.90 bits per heavy atom.